The minimum Gasteiger partial charge on any atom is -0.390 e. The molecule has 2 N–H and O–H groups in total. The molecule has 0 aromatic carbocycles. The second kappa shape index (κ2) is 7.71. The average molecular weight is 471 g/mol. The molecule has 0 spiro atoms. The molecule has 2 atom stereocenters. The van der Waals surface area contributed by atoms with Gasteiger partial charge in [0.2, 0.25) is 16.0 Å². The van der Waals surface area contributed by atoms with Gasteiger partial charge in [0, 0.05) is 30.9 Å². The van der Waals surface area contributed by atoms with Crippen molar-refractivity contribution in [1.82, 2.24) is 28.7 Å². The number of halogens is 3. The monoisotopic (exact) mass is 471 g/mol. The van der Waals surface area contributed by atoms with Crippen LogP contribution in [0.4, 0.5) is 19.1 Å². The molecule has 10 nitrogen and oxygen atoms in total. The van der Waals surface area contributed by atoms with E-state index in [9.17, 15) is 26.7 Å². The van der Waals surface area contributed by atoms with Crippen LogP contribution in [0, 0.1) is 5.82 Å². The molecule has 5 rings (SSSR count). The molecule has 1 aliphatic heterocycles. The molecule has 3 aromatic heterocycles. The number of aliphatic hydroxyl groups excluding tert-OH is 1. The molecule has 4 heterocycles. The van der Waals surface area contributed by atoms with E-state index in [2.05, 4.69) is 20.5 Å². The maximum atomic E-state index is 14.3. The van der Waals surface area contributed by atoms with Gasteiger partial charge in [0.15, 0.2) is 5.82 Å². The third kappa shape index (κ3) is 3.71. The maximum absolute atomic E-state index is 14.3. The fourth-order valence-electron chi connectivity index (χ4n) is 3.85. The lowest BCUT2D eigenvalue weighted by molar-refractivity contribution is 0.0566. The molecule has 0 amide bonds. The van der Waals surface area contributed by atoms with Gasteiger partial charge in [0.05, 0.1) is 35.5 Å². The summed E-state index contributed by atoms with van der Waals surface area (Å²) >= 11 is 0. The minimum absolute atomic E-state index is 0.0328. The minimum atomic E-state index is -3.38. The van der Waals surface area contributed by atoms with Gasteiger partial charge in [-0.05, 0) is 19.3 Å². The third-order valence-corrected chi connectivity index (χ3v) is 8.10. The van der Waals surface area contributed by atoms with Crippen LogP contribution in [-0.4, -0.2) is 72.7 Å². The van der Waals surface area contributed by atoms with Crippen LogP contribution in [0.1, 0.15) is 25.8 Å². The van der Waals surface area contributed by atoms with E-state index in [4.69, 9.17) is 0 Å². The highest BCUT2D eigenvalue weighted by Crippen LogP contribution is 2.33. The number of aliphatic hydroxyl groups is 1. The second-order valence-electron chi connectivity index (χ2n) is 7.95. The zero-order chi connectivity index (χ0) is 22.6. The number of β-amino-alcohol motifs (C(OH)–C–C–N with tert-alkyl or cyclic N) is 1. The summed E-state index contributed by atoms with van der Waals surface area (Å²) in [6.45, 7) is -2.61. The Morgan fingerprint density at radius 1 is 1.22 bits per heavy atom. The predicted octanol–water partition coefficient (Wildman–Crippen LogP) is 1.47. The molecule has 1 saturated carbocycles. The van der Waals surface area contributed by atoms with Gasteiger partial charge >= 0.3 is 6.55 Å². The van der Waals surface area contributed by atoms with E-state index in [1.165, 1.54) is 21.2 Å². The standard InChI is InChI=1S/C18H20F3N7O3S/c19-12-5-14(10-6-23-27(8-10)17(20)21)28-15(12)7-22-18(25-28)24-13-3-4-26(9-16(13)29)32(30,31)11-1-2-11/h5-8,11,13,16-17,29H,1-4,9H2,(H,24,25)/t13-,16-/m1/s1. The fourth-order valence-corrected chi connectivity index (χ4v) is 5.72. The first kappa shape index (κ1) is 21.2. The summed E-state index contributed by atoms with van der Waals surface area (Å²) in [6, 6.07) is 0.639. The number of rotatable bonds is 6. The molecular formula is C18H20F3N7O3S. The van der Waals surface area contributed by atoms with Crippen molar-refractivity contribution in [2.45, 2.75) is 43.2 Å². The van der Waals surface area contributed by atoms with Crippen LogP contribution in [-0.2, 0) is 10.0 Å². The van der Waals surface area contributed by atoms with E-state index in [0.717, 1.165) is 12.3 Å². The van der Waals surface area contributed by atoms with Crippen LogP contribution in [0.15, 0.2) is 24.7 Å². The first-order valence-electron chi connectivity index (χ1n) is 10.0. The van der Waals surface area contributed by atoms with E-state index < -0.39 is 34.5 Å². The number of sulfonamides is 1. The molecule has 1 saturated heterocycles. The Kier molecular flexibility index (Phi) is 5.09. The Morgan fingerprint density at radius 3 is 2.66 bits per heavy atom. The number of nitrogens with one attached hydrogen (secondary N) is 1. The summed E-state index contributed by atoms with van der Waals surface area (Å²) in [6.07, 6.45) is 4.16. The number of anilines is 1. The van der Waals surface area contributed by atoms with Crippen molar-refractivity contribution in [2.75, 3.05) is 18.4 Å². The molecular weight excluding hydrogens is 451 g/mol. The zero-order valence-electron chi connectivity index (χ0n) is 16.6. The molecule has 0 radical (unpaired) electrons. The van der Waals surface area contributed by atoms with Crippen molar-refractivity contribution in [3.05, 3.63) is 30.5 Å². The molecule has 2 aliphatic rings. The highest BCUT2D eigenvalue weighted by Gasteiger charge is 2.43. The third-order valence-electron chi connectivity index (χ3n) is 5.73. The molecule has 14 heteroatoms. The second-order valence-corrected chi connectivity index (χ2v) is 10.2. The Hall–Kier alpha value is -2.71. The average Bonchev–Trinajstić information content (AvgIpc) is 3.42. The summed E-state index contributed by atoms with van der Waals surface area (Å²) in [7, 11) is -3.38. The van der Waals surface area contributed by atoms with Crippen LogP contribution < -0.4 is 5.32 Å². The number of fused-ring (bicyclic) bond motifs is 1. The summed E-state index contributed by atoms with van der Waals surface area (Å²) in [4.78, 5) is 4.08. The zero-order valence-corrected chi connectivity index (χ0v) is 17.5. The Labute approximate surface area is 180 Å². The normalized spacial score (nSPS) is 22.7. The van der Waals surface area contributed by atoms with Gasteiger partial charge in [-0.15, -0.1) is 5.10 Å². The van der Waals surface area contributed by atoms with Gasteiger partial charge in [-0.3, -0.25) is 0 Å². The number of nitrogens with zero attached hydrogens (tertiary/aromatic N) is 6. The highest BCUT2D eigenvalue weighted by molar-refractivity contribution is 7.90. The number of aromatic nitrogens is 5. The maximum Gasteiger partial charge on any atom is 0.333 e. The summed E-state index contributed by atoms with van der Waals surface area (Å²) in [5, 5.41) is 20.9. The SMILES string of the molecule is O=S(=O)(C1CC1)N1CC[C@@H](Nc2ncc3c(F)cc(-c4cnn(C(F)F)c4)n3n2)[C@H](O)C1. The lowest BCUT2D eigenvalue weighted by atomic mass is 10.0. The molecule has 3 aromatic rings. The van der Waals surface area contributed by atoms with Crippen molar-refractivity contribution >= 4 is 21.5 Å². The molecule has 172 valence electrons. The van der Waals surface area contributed by atoms with Crippen LogP contribution in [0.25, 0.3) is 16.8 Å². The Morgan fingerprint density at radius 2 is 2.00 bits per heavy atom. The first-order chi connectivity index (χ1) is 15.2. The van der Waals surface area contributed by atoms with E-state index in [0.29, 0.717) is 23.9 Å². The lowest BCUT2D eigenvalue weighted by Crippen LogP contribution is -2.52. The quantitative estimate of drug-likeness (QED) is 0.559. The molecule has 1 aliphatic carbocycles. The topological polar surface area (TPSA) is 118 Å². The number of hydrogen-bond donors (Lipinski definition) is 2. The highest BCUT2D eigenvalue weighted by atomic mass is 32.2. The van der Waals surface area contributed by atoms with Crippen molar-refractivity contribution in [2.24, 2.45) is 0 Å². The lowest BCUT2D eigenvalue weighted by Gasteiger charge is -2.35. The van der Waals surface area contributed by atoms with Gasteiger partial charge < -0.3 is 10.4 Å². The summed E-state index contributed by atoms with van der Waals surface area (Å²) < 4.78 is 67.8. The van der Waals surface area contributed by atoms with Crippen LogP contribution in [0.5, 0.6) is 0 Å². The van der Waals surface area contributed by atoms with Crippen molar-refractivity contribution in [3.63, 3.8) is 0 Å². The largest absolute Gasteiger partial charge is 0.390 e. The van der Waals surface area contributed by atoms with Crippen LogP contribution >= 0.6 is 0 Å². The van der Waals surface area contributed by atoms with Gasteiger partial charge in [-0.1, -0.05) is 0 Å². The Balaban J connectivity index is 1.37. The van der Waals surface area contributed by atoms with Gasteiger partial charge in [-0.25, -0.2) is 27.0 Å². The molecule has 2 fully saturated rings. The van der Waals surface area contributed by atoms with Crippen molar-refractivity contribution in [1.29, 1.82) is 0 Å². The smallest absolute Gasteiger partial charge is 0.333 e. The first-order valence-corrected chi connectivity index (χ1v) is 11.5. The van der Waals surface area contributed by atoms with Gasteiger partial charge in [0.1, 0.15) is 5.52 Å². The van der Waals surface area contributed by atoms with Crippen LogP contribution in [0.2, 0.25) is 0 Å². The number of hydrogen-bond acceptors (Lipinski definition) is 7. The van der Waals surface area contributed by atoms with E-state index in [1.807, 2.05) is 0 Å². The molecule has 0 bridgehead atoms. The van der Waals surface area contributed by atoms with Gasteiger partial charge in [0.25, 0.3) is 0 Å². The van der Waals surface area contributed by atoms with E-state index in [-0.39, 0.29) is 41.1 Å². The van der Waals surface area contributed by atoms with Gasteiger partial charge in [-0.2, -0.15) is 18.2 Å². The van der Waals surface area contributed by atoms with E-state index in [1.54, 1.807) is 0 Å². The fraction of sp³-hybridized carbons (Fsp3) is 0.500. The van der Waals surface area contributed by atoms with Crippen molar-refractivity contribution < 1.29 is 26.7 Å². The summed E-state index contributed by atoms with van der Waals surface area (Å²) in [5.74, 6) is -0.548. The molecule has 32 heavy (non-hydrogen) atoms. The van der Waals surface area contributed by atoms with E-state index >= 15 is 0 Å². The molecule has 0 unspecified atom stereocenters. The number of piperidine rings is 1. The summed E-state index contributed by atoms with van der Waals surface area (Å²) in [5.41, 5.74) is 0.495. The number of alkyl halides is 2. The predicted molar refractivity (Wildman–Crippen MR) is 107 cm³/mol. The van der Waals surface area contributed by atoms with Crippen LogP contribution in [0.3, 0.4) is 0 Å². The van der Waals surface area contributed by atoms with Crippen molar-refractivity contribution in [3.8, 4) is 11.3 Å². The Bertz CT molecular complexity index is 1260.